The predicted octanol–water partition coefficient (Wildman–Crippen LogP) is 1.71. The lowest BCUT2D eigenvalue weighted by Crippen LogP contribution is -2.21. The van der Waals surface area contributed by atoms with Crippen molar-refractivity contribution in [3.05, 3.63) is 18.3 Å². The van der Waals surface area contributed by atoms with Crippen molar-refractivity contribution >= 4 is 17.7 Å². The van der Waals surface area contributed by atoms with Gasteiger partial charge in [-0.05, 0) is 32.1 Å². The average molecular weight is 206 g/mol. The normalized spacial score (nSPS) is 11.4. The number of aromatic nitrogens is 1. The molecule has 0 amide bonds. The van der Waals surface area contributed by atoms with Gasteiger partial charge in [-0.2, -0.15) is 0 Å². The first-order valence-corrected chi connectivity index (χ1v) is 5.15. The van der Waals surface area contributed by atoms with Crippen molar-refractivity contribution in [3.63, 3.8) is 0 Å². The van der Waals surface area contributed by atoms with E-state index in [1.165, 1.54) is 0 Å². The Balaban J connectivity index is 2.41. The molecule has 82 valence electrons. The van der Waals surface area contributed by atoms with E-state index in [1.54, 1.807) is 12.3 Å². The van der Waals surface area contributed by atoms with Crippen LogP contribution in [-0.2, 0) is 0 Å². The fraction of sp³-hybridized carbons (Fsp3) is 0.455. The molecule has 0 fully saturated rings. The zero-order chi connectivity index (χ0) is 11.1. The fourth-order valence-electron chi connectivity index (χ4n) is 1.22. The predicted molar refractivity (Wildman–Crippen MR) is 64.6 cm³/mol. The van der Waals surface area contributed by atoms with E-state index in [1.807, 2.05) is 12.3 Å². The summed E-state index contributed by atoms with van der Waals surface area (Å²) >= 11 is 0. The van der Waals surface area contributed by atoms with Crippen molar-refractivity contribution < 1.29 is 0 Å². The van der Waals surface area contributed by atoms with Gasteiger partial charge < -0.3 is 10.6 Å². The van der Waals surface area contributed by atoms with E-state index < -0.39 is 0 Å². The molecule has 0 aliphatic rings. The molecule has 2 N–H and O–H groups in total. The number of nitrogen functional groups attached to an aromatic ring is 1. The van der Waals surface area contributed by atoms with Crippen molar-refractivity contribution in [2.24, 2.45) is 4.99 Å². The molecular weight excluding hydrogens is 188 g/mol. The molecule has 0 unspecified atom stereocenters. The van der Waals surface area contributed by atoms with Crippen LogP contribution in [0.2, 0.25) is 0 Å². The topological polar surface area (TPSA) is 54.5 Å². The lowest BCUT2D eigenvalue weighted by atomic mass is 10.4. The van der Waals surface area contributed by atoms with Crippen LogP contribution in [-0.4, -0.2) is 36.2 Å². The highest BCUT2D eigenvalue weighted by molar-refractivity contribution is 5.64. The second-order valence-corrected chi connectivity index (χ2v) is 3.52. The van der Waals surface area contributed by atoms with E-state index in [4.69, 9.17) is 5.73 Å². The zero-order valence-electron chi connectivity index (χ0n) is 9.35. The molecule has 1 aromatic heterocycles. The number of rotatable bonds is 5. The lowest BCUT2D eigenvalue weighted by Gasteiger charge is -2.11. The van der Waals surface area contributed by atoms with E-state index in [0.29, 0.717) is 11.5 Å². The minimum atomic E-state index is 0.664. The molecule has 0 bridgehead atoms. The Morgan fingerprint density at radius 2 is 2.33 bits per heavy atom. The molecule has 0 radical (unpaired) electrons. The first-order valence-electron chi connectivity index (χ1n) is 5.15. The van der Waals surface area contributed by atoms with Gasteiger partial charge in [-0.1, -0.05) is 6.92 Å². The van der Waals surface area contributed by atoms with Crippen LogP contribution >= 0.6 is 0 Å². The summed E-state index contributed by atoms with van der Waals surface area (Å²) in [4.78, 5) is 10.5. The van der Waals surface area contributed by atoms with E-state index in [-0.39, 0.29) is 0 Å². The Morgan fingerprint density at radius 3 is 2.93 bits per heavy atom. The van der Waals surface area contributed by atoms with Crippen LogP contribution in [0.3, 0.4) is 0 Å². The van der Waals surface area contributed by atoms with Crippen molar-refractivity contribution in [3.8, 4) is 0 Å². The highest BCUT2D eigenvalue weighted by Gasteiger charge is 1.93. The van der Waals surface area contributed by atoms with Gasteiger partial charge >= 0.3 is 0 Å². The molecule has 0 aliphatic carbocycles. The van der Waals surface area contributed by atoms with Gasteiger partial charge in [0, 0.05) is 12.8 Å². The molecule has 1 heterocycles. The summed E-state index contributed by atoms with van der Waals surface area (Å²) in [5.74, 6) is 0.703. The van der Waals surface area contributed by atoms with Crippen molar-refractivity contribution in [2.45, 2.75) is 13.3 Å². The van der Waals surface area contributed by atoms with Crippen LogP contribution < -0.4 is 5.73 Å². The Bertz CT molecular complexity index is 305. The second kappa shape index (κ2) is 6.14. The van der Waals surface area contributed by atoms with Gasteiger partial charge in [-0.15, -0.1) is 0 Å². The number of pyridine rings is 1. The molecule has 0 saturated heterocycles. The Hall–Kier alpha value is -1.42. The fourth-order valence-corrected chi connectivity index (χ4v) is 1.22. The molecule has 4 nitrogen and oxygen atoms in total. The van der Waals surface area contributed by atoms with Crippen molar-refractivity contribution in [2.75, 3.05) is 25.9 Å². The number of aliphatic imine (C=N–C) groups is 1. The Labute approximate surface area is 90.8 Å². The SMILES string of the molecule is CCCN(C)C/C=N/c1ccc(N)cn1. The number of hydrogen-bond donors (Lipinski definition) is 1. The standard InChI is InChI=1S/C11H18N4/c1-3-7-15(2)8-6-13-11-5-4-10(12)9-14-11/h4-6,9H,3,7-8,12H2,1-2H3/b13-6+. The first kappa shape index (κ1) is 11.7. The van der Waals surface area contributed by atoms with E-state index in [9.17, 15) is 0 Å². The first-order chi connectivity index (χ1) is 7.22. The van der Waals surface area contributed by atoms with E-state index in [2.05, 4.69) is 28.8 Å². The summed E-state index contributed by atoms with van der Waals surface area (Å²) in [6.45, 7) is 4.09. The summed E-state index contributed by atoms with van der Waals surface area (Å²) in [7, 11) is 2.08. The molecule has 1 aromatic rings. The number of nitrogens with two attached hydrogens (primary N) is 1. The smallest absolute Gasteiger partial charge is 0.151 e. The van der Waals surface area contributed by atoms with Gasteiger partial charge in [0.2, 0.25) is 0 Å². The minimum absolute atomic E-state index is 0.664. The molecule has 0 spiro atoms. The molecule has 0 aliphatic heterocycles. The average Bonchev–Trinajstić information content (AvgIpc) is 2.21. The monoisotopic (exact) mass is 206 g/mol. The summed E-state index contributed by atoms with van der Waals surface area (Å²) in [6, 6.07) is 3.61. The van der Waals surface area contributed by atoms with Crippen LogP contribution in [0.5, 0.6) is 0 Å². The molecule has 15 heavy (non-hydrogen) atoms. The van der Waals surface area contributed by atoms with Crippen molar-refractivity contribution in [1.82, 2.24) is 9.88 Å². The molecule has 1 rings (SSSR count). The highest BCUT2D eigenvalue weighted by Crippen LogP contribution is 2.08. The quantitative estimate of drug-likeness (QED) is 0.746. The number of hydrogen-bond acceptors (Lipinski definition) is 4. The summed E-state index contributed by atoms with van der Waals surface area (Å²) in [6.07, 6.45) is 4.64. The molecular formula is C11H18N4. The number of anilines is 1. The summed E-state index contributed by atoms with van der Waals surface area (Å²) in [5.41, 5.74) is 6.18. The van der Waals surface area contributed by atoms with Gasteiger partial charge in [0.15, 0.2) is 5.82 Å². The summed E-state index contributed by atoms with van der Waals surface area (Å²) in [5, 5.41) is 0. The van der Waals surface area contributed by atoms with Crippen LogP contribution in [0.25, 0.3) is 0 Å². The molecule has 0 aromatic carbocycles. The maximum absolute atomic E-state index is 5.52. The third kappa shape index (κ3) is 4.56. The van der Waals surface area contributed by atoms with Gasteiger partial charge in [-0.25, -0.2) is 9.98 Å². The number of nitrogens with zero attached hydrogens (tertiary/aromatic N) is 3. The van der Waals surface area contributed by atoms with Gasteiger partial charge in [0.25, 0.3) is 0 Å². The Morgan fingerprint density at radius 1 is 1.53 bits per heavy atom. The molecule has 4 heteroatoms. The lowest BCUT2D eigenvalue weighted by molar-refractivity contribution is 0.384. The van der Waals surface area contributed by atoms with Gasteiger partial charge in [0.05, 0.1) is 11.9 Å². The zero-order valence-corrected chi connectivity index (χ0v) is 9.35. The van der Waals surface area contributed by atoms with Crippen LogP contribution in [0.1, 0.15) is 13.3 Å². The van der Waals surface area contributed by atoms with E-state index >= 15 is 0 Å². The molecule has 0 atom stereocenters. The molecule has 0 saturated carbocycles. The third-order valence-corrected chi connectivity index (χ3v) is 1.99. The van der Waals surface area contributed by atoms with Gasteiger partial charge in [-0.3, -0.25) is 0 Å². The van der Waals surface area contributed by atoms with Crippen LogP contribution in [0.15, 0.2) is 23.3 Å². The van der Waals surface area contributed by atoms with Gasteiger partial charge in [0.1, 0.15) is 0 Å². The Kier molecular flexibility index (Phi) is 4.77. The third-order valence-electron chi connectivity index (χ3n) is 1.99. The van der Waals surface area contributed by atoms with Crippen molar-refractivity contribution in [1.29, 1.82) is 0 Å². The minimum Gasteiger partial charge on any atom is -0.397 e. The van der Waals surface area contributed by atoms with Crippen LogP contribution in [0.4, 0.5) is 11.5 Å². The maximum atomic E-state index is 5.52. The summed E-state index contributed by atoms with van der Waals surface area (Å²) < 4.78 is 0. The highest BCUT2D eigenvalue weighted by atomic mass is 15.1. The van der Waals surface area contributed by atoms with E-state index in [0.717, 1.165) is 19.5 Å². The second-order valence-electron chi connectivity index (χ2n) is 3.52. The maximum Gasteiger partial charge on any atom is 0.151 e. The largest absolute Gasteiger partial charge is 0.397 e. The van der Waals surface area contributed by atoms with Crippen LogP contribution in [0, 0.1) is 0 Å².